The molecule has 0 N–H and O–H groups in total. The van der Waals surface area contributed by atoms with Gasteiger partial charge in [-0.3, -0.25) is 4.79 Å². The molecule has 0 aliphatic rings. The van der Waals surface area contributed by atoms with Gasteiger partial charge < -0.3 is 4.74 Å². The molecule has 0 aliphatic carbocycles. The molecule has 5 nitrogen and oxygen atoms in total. The van der Waals surface area contributed by atoms with Crippen molar-refractivity contribution < 1.29 is 9.53 Å². The summed E-state index contributed by atoms with van der Waals surface area (Å²) in [4.78, 5) is 13.3. The van der Waals surface area contributed by atoms with Crippen molar-refractivity contribution in [2.75, 3.05) is 0 Å². The highest BCUT2D eigenvalue weighted by atomic mass is 79.9. The fourth-order valence-corrected chi connectivity index (χ4v) is 3.41. The van der Waals surface area contributed by atoms with Crippen LogP contribution in [0.15, 0.2) is 30.3 Å². The summed E-state index contributed by atoms with van der Waals surface area (Å²) in [5.41, 5.74) is 3.53. The summed E-state index contributed by atoms with van der Waals surface area (Å²) < 4.78 is 5.54. The summed E-state index contributed by atoms with van der Waals surface area (Å²) in [6.07, 6.45) is 0. The Kier molecular flexibility index (Phi) is 7.87. The molecule has 0 amide bonds. The van der Waals surface area contributed by atoms with Crippen molar-refractivity contribution >= 4 is 60.5 Å². The van der Waals surface area contributed by atoms with Gasteiger partial charge in [0.05, 0.1) is 3.74 Å². The van der Waals surface area contributed by atoms with E-state index >= 15 is 0 Å². The van der Waals surface area contributed by atoms with Crippen molar-refractivity contribution in [3.8, 4) is 11.4 Å². The SMILES string of the molecule is CC.CC(=O)Oc1c(-n2nc3ccc(Cl)cc3n2)cc(C(Br)Br)cc1C(C)(C)C. The number of halogens is 3. The molecule has 156 valence electrons. The summed E-state index contributed by atoms with van der Waals surface area (Å²) in [6, 6.07) is 9.22. The molecule has 0 atom stereocenters. The maximum Gasteiger partial charge on any atom is 0.308 e. The molecule has 0 saturated carbocycles. The minimum atomic E-state index is -0.400. The minimum absolute atomic E-state index is 0.0735. The number of rotatable bonds is 3. The normalized spacial score (nSPS) is 11.4. The van der Waals surface area contributed by atoms with Crippen molar-refractivity contribution in [3.63, 3.8) is 0 Å². The van der Waals surface area contributed by atoms with Gasteiger partial charge in [-0.15, -0.1) is 15.0 Å². The van der Waals surface area contributed by atoms with Crippen LogP contribution in [0.2, 0.25) is 5.02 Å². The van der Waals surface area contributed by atoms with Crippen LogP contribution in [0.3, 0.4) is 0 Å². The molecule has 0 saturated heterocycles. The third kappa shape index (κ3) is 5.58. The molecule has 3 rings (SSSR count). The molecule has 8 heteroatoms. The summed E-state index contributed by atoms with van der Waals surface area (Å²) in [7, 11) is 0. The van der Waals surface area contributed by atoms with E-state index in [0.29, 0.717) is 27.5 Å². The number of benzene rings is 2. The topological polar surface area (TPSA) is 57.0 Å². The Hall–Kier alpha value is -1.44. The second-order valence-corrected chi connectivity index (χ2v) is 10.7. The quantitative estimate of drug-likeness (QED) is 0.200. The highest BCUT2D eigenvalue weighted by Gasteiger charge is 2.26. The number of carbonyl (C=O) groups excluding carboxylic acids is 1. The monoisotopic (exact) mass is 543 g/mol. The van der Waals surface area contributed by atoms with Gasteiger partial charge in [0, 0.05) is 17.5 Å². The van der Waals surface area contributed by atoms with Crippen LogP contribution in [-0.4, -0.2) is 21.0 Å². The zero-order chi connectivity index (χ0) is 21.9. The molecule has 0 unspecified atom stereocenters. The molecule has 3 aromatic rings. The van der Waals surface area contributed by atoms with Crippen LogP contribution in [0.1, 0.15) is 56.4 Å². The van der Waals surface area contributed by atoms with Gasteiger partial charge >= 0.3 is 5.97 Å². The summed E-state index contributed by atoms with van der Waals surface area (Å²) in [5.74, 6) is 0.0503. The van der Waals surface area contributed by atoms with E-state index in [1.807, 2.05) is 26.0 Å². The molecule has 0 spiro atoms. The molecule has 0 aliphatic heterocycles. The predicted octanol–water partition coefficient (Wildman–Crippen LogP) is 7.11. The number of nitrogens with zero attached hydrogens (tertiary/aromatic N) is 3. The van der Waals surface area contributed by atoms with Gasteiger partial charge in [0.2, 0.25) is 0 Å². The van der Waals surface area contributed by atoms with Crippen molar-refractivity contribution in [2.24, 2.45) is 0 Å². The second-order valence-electron chi connectivity index (χ2n) is 7.18. The molecule has 0 radical (unpaired) electrons. The maximum absolute atomic E-state index is 11.8. The first kappa shape index (κ1) is 23.8. The van der Waals surface area contributed by atoms with Crippen molar-refractivity contribution in [1.29, 1.82) is 0 Å². The second kappa shape index (κ2) is 9.58. The van der Waals surface area contributed by atoms with Crippen LogP contribution in [0, 0.1) is 0 Å². The van der Waals surface area contributed by atoms with Gasteiger partial charge in [0.25, 0.3) is 0 Å². The fraction of sp³-hybridized carbons (Fsp3) is 0.381. The third-order valence-electron chi connectivity index (χ3n) is 3.96. The van der Waals surface area contributed by atoms with Gasteiger partial charge in [-0.05, 0) is 41.3 Å². The lowest BCUT2D eigenvalue weighted by molar-refractivity contribution is -0.131. The smallest absolute Gasteiger partial charge is 0.308 e. The van der Waals surface area contributed by atoms with E-state index in [1.165, 1.54) is 11.7 Å². The van der Waals surface area contributed by atoms with E-state index in [1.54, 1.807) is 18.2 Å². The Balaban J connectivity index is 0.00000145. The number of aromatic nitrogens is 3. The molecular formula is C21H24Br2ClN3O2. The maximum atomic E-state index is 11.8. The molecule has 2 aromatic carbocycles. The molecule has 1 aromatic heterocycles. The Morgan fingerprint density at radius 3 is 2.28 bits per heavy atom. The number of carbonyl (C=O) groups is 1. The van der Waals surface area contributed by atoms with Crippen LogP contribution >= 0.6 is 43.5 Å². The number of alkyl halides is 2. The van der Waals surface area contributed by atoms with Crippen molar-refractivity contribution in [3.05, 3.63) is 46.5 Å². The van der Waals surface area contributed by atoms with Gasteiger partial charge in [-0.2, -0.15) is 0 Å². The number of ether oxygens (including phenoxy) is 1. The van der Waals surface area contributed by atoms with Crippen molar-refractivity contribution in [2.45, 2.75) is 50.7 Å². The fourth-order valence-electron chi connectivity index (χ4n) is 2.71. The lowest BCUT2D eigenvalue weighted by Gasteiger charge is -2.25. The predicted molar refractivity (Wildman–Crippen MR) is 126 cm³/mol. The van der Waals surface area contributed by atoms with Gasteiger partial charge in [0.15, 0.2) is 5.75 Å². The molecule has 0 bridgehead atoms. The largest absolute Gasteiger partial charge is 0.424 e. The summed E-state index contributed by atoms with van der Waals surface area (Å²) in [6.45, 7) is 11.6. The molecule has 1 heterocycles. The van der Waals surface area contributed by atoms with Crippen LogP contribution < -0.4 is 4.74 Å². The van der Waals surface area contributed by atoms with E-state index in [9.17, 15) is 4.79 Å². The number of hydrogen-bond donors (Lipinski definition) is 0. The summed E-state index contributed by atoms with van der Waals surface area (Å²) >= 11 is 13.2. The zero-order valence-corrected chi connectivity index (χ0v) is 21.2. The summed E-state index contributed by atoms with van der Waals surface area (Å²) in [5, 5.41) is 9.66. The first-order valence-corrected chi connectivity index (χ1v) is 11.4. The average molecular weight is 546 g/mol. The average Bonchev–Trinajstić information content (AvgIpc) is 3.04. The Morgan fingerprint density at radius 1 is 1.10 bits per heavy atom. The van der Waals surface area contributed by atoms with E-state index in [0.717, 1.165) is 11.1 Å². The van der Waals surface area contributed by atoms with Crippen LogP contribution in [0.4, 0.5) is 0 Å². The first-order valence-electron chi connectivity index (χ1n) is 9.24. The van der Waals surface area contributed by atoms with E-state index in [2.05, 4.69) is 62.8 Å². The van der Waals surface area contributed by atoms with Crippen LogP contribution in [-0.2, 0) is 10.2 Å². The van der Waals surface area contributed by atoms with E-state index < -0.39 is 5.97 Å². The Bertz CT molecular complexity index is 1030. The number of hydrogen-bond acceptors (Lipinski definition) is 4. The van der Waals surface area contributed by atoms with Gasteiger partial charge in [-0.1, -0.05) is 78.1 Å². The van der Waals surface area contributed by atoms with Crippen LogP contribution in [0.25, 0.3) is 16.7 Å². The lowest BCUT2D eigenvalue weighted by atomic mass is 9.85. The number of esters is 1. The first-order chi connectivity index (χ1) is 13.6. The Morgan fingerprint density at radius 2 is 1.72 bits per heavy atom. The number of fused-ring (bicyclic) bond motifs is 1. The Labute approximate surface area is 193 Å². The highest BCUT2D eigenvalue weighted by Crippen LogP contribution is 2.41. The van der Waals surface area contributed by atoms with E-state index in [-0.39, 0.29) is 9.15 Å². The van der Waals surface area contributed by atoms with Gasteiger partial charge in [-0.25, -0.2) is 0 Å². The standard InChI is InChI=1S/C19H18Br2ClN3O2.C2H6/c1-10(26)27-17-13(19(2,3)4)7-11(18(20)21)8-16(17)25-23-14-6-5-12(22)9-15(14)24-25;1-2/h5-9,18H,1-4H3;1-2H3. The third-order valence-corrected chi connectivity index (χ3v) is 5.25. The van der Waals surface area contributed by atoms with Gasteiger partial charge in [0.1, 0.15) is 16.7 Å². The van der Waals surface area contributed by atoms with Crippen molar-refractivity contribution in [1.82, 2.24) is 15.0 Å². The lowest BCUT2D eigenvalue weighted by Crippen LogP contribution is -2.18. The molecule has 0 fully saturated rings. The molecular weight excluding hydrogens is 522 g/mol. The van der Waals surface area contributed by atoms with Crippen LogP contribution in [0.5, 0.6) is 5.75 Å². The highest BCUT2D eigenvalue weighted by molar-refractivity contribution is 9.24. The van der Waals surface area contributed by atoms with E-state index in [4.69, 9.17) is 16.3 Å². The molecule has 29 heavy (non-hydrogen) atoms. The zero-order valence-electron chi connectivity index (χ0n) is 17.3. The minimum Gasteiger partial charge on any atom is -0.424 e.